The number of aromatic nitrogens is 4. The Hall–Kier alpha value is -3.82. The number of alkyl halides is 3. The molecule has 0 aliphatic carbocycles. The van der Waals surface area contributed by atoms with Crippen molar-refractivity contribution in [2.45, 2.75) is 6.36 Å². The number of imidazole rings is 1. The molecule has 0 aliphatic heterocycles. The summed E-state index contributed by atoms with van der Waals surface area (Å²) in [7, 11) is 0. The number of halogens is 3. The lowest BCUT2D eigenvalue weighted by molar-refractivity contribution is -0.274. The van der Waals surface area contributed by atoms with E-state index in [4.69, 9.17) is 0 Å². The third kappa shape index (κ3) is 3.52. The molecular weight excluding hydrogens is 375 g/mol. The predicted molar refractivity (Wildman–Crippen MR) is 94.8 cm³/mol. The first-order valence-electron chi connectivity index (χ1n) is 8.06. The van der Waals surface area contributed by atoms with Crippen LogP contribution in [0.15, 0.2) is 54.7 Å². The summed E-state index contributed by atoms with van der Waals surface area (Å²) in [5.41, 5.74) is 1.80. The number of aromatic amines is 2. The summed E-state index contributed by atoms with van der Waals surface area (Å²) >= 11 is 0. The Bertz CT molecular complexity index is 1120. The average Bonchev–Trinajstić information content (AvgIpc) is 3.26. The first-order valence-corrected chi connectivity index (χ1v) is 8.06. The van der Waals surface area contributed by atoms with Crippen LogP contribution in [0.1, 0.15) is 10.4 Å². The molecule has 4 rings (SSSR count). The van der Waals surface area contributed by atoms with Gasteiger partial charge in [0.15, 0.2) is 11.5 Å². The number of nitrogens with zero attached hydrogens (tertiary/aromatic N) is 2. The lowest BCUT2D eigenvalue weighted by atomic mass is 10.2. The van der Waals surface area contributed by atoms with Gasteiger partial charge in [-0.05, 0) is 24.3 Å². The van der Waals surface area contributed by atoms with Gasteiger partial charge in [-0.1, -0.05) is 24.3 Å². The van der Waals surface area contributed by atoms with Gasteiger partial charge in [0.1, 0.15) is 5.75 Å². The van der Waals surface area contributed by atoms with Crippen LogP contribution < -0.4 is 10.1 Å². The molecule has 0 fully saturated rings. The van der Waals surface area contributed by atoms with Gasteiger partial charge < -0.3 is 15.0 Å². The number of H-pyrrole nitrogens is 2. The highest BCUT2D eigenvalue weighted by Crippen LogP contribution is 2.29. The fourth-order valence-corrected chi connectivity index (χ4v) is 2.69. The fraction of sp³-hybridized carbons (Fsp3) is 0.0556. The van der Waals surface area contributed by atoms with Gasteiger partial charge in [-0.15, -0.1) is 13.2 Å². The number of nitrogens with one attached hydrogen (secondary N) is 3. The number of hydrogen-bond acceptors (Lipinski definition) is 4. The molecule has 7 nitrogen and oxygen atoms in total. The van der Waals surface area contributed by atoms with Crippen molar-refractivity contribution < 1.29 is 22.7 Å². The quantitative estimate of drug-likeness (QED) is 0.491. The van der Waals surface area contributed by atoms with Crippen molar-refractivity contribution in [3.8, 4) is 17.3 Å². The van der Waals surface area contributed by atoms with Gasteiger partial charge in [0.25, 0.3) is 5.91 Å². The van der Waals surface area contributed by atoms with Crippen LogP contribution in [0.2, 0.25) is 0 Å². The number of rotatable bonds is 4. The summed E-state index contributed by atoms with van der Waals surface area (Å²) in [5.74, 6) is -0.975. The van der Waals surface area contributed by atoms with E-state index in [2.05, 4.69) is 30.2 Å². The van der Waals surface area contributed by atoms with Crippen LogP contribution >= 0.6 is 0 Å². The third-order valence-corrected chi connectivity index (χ3v) is 3.86. The topological polar surface area (TPSA) is 95.7 Å². The molecule has 0 aliphatic rings. The Morgan fingerprint density at radius 1 is 1.07 bits per heavy atom. The molecule has 4 aromatic rings. The number of fused-ring (bicyclic) bond motifs is 1. The Labute approximate surface area is 155 Å². The second-order valence-electron chi connectivity index (χ2n) is 5.75. The van der Waals surface area contributed by atoms with E-state index in [-0.39, 0.29) is 11.3 Å². The zero-order chi connectivity index (χ0) is 19.7. The first-order chi connectivity index (χ1) is 13.4. The second kappa shape index (κ2) is 6.72. The molecule has 28 heavy (non-hydrogen) atoms. The first kappa shape index (κ1) is 17.6. The largest absolute Gasteiger partial charge is 0.573 e. The van der Waals surface area contributed by atoms with E-state index in [9.17, 15) is 18.0 Å². The highest BCUT2D eigenvalue weighted by atomic mass is 19.4. The molecule has 2 aromatic carbocycles. The predicted octanol–water partition coefficient (Wildman–Crippen LogP) is 4.10. The number of benzene rings is 2. The van der Waals surface area contributed by atoms with Crippen LogP contribution in [0.5, 0.6) is 5.75 Å². The Morgan fingerprint density at radius 2 is 1.82 bits per heavy atom. The number of carbonyl (C=O) groups excluding carboxylic acids is 1. The average molecular weight is 387 g/mol. The maximum atomic E-state index is 12.6. The number of anilines is 1. The van der Waals surface area contributed by atoms with Gasteiger partial charge in [-0.3, -0.25) is 9.89 Å². The van der Waals surface area contributed by atoms with E-state index in [1.807, 2.05) is 24.3 Å². The highest BCUT2D eigenvalue weighted by Gasteiger charge is 2.33. The van der Waals surface area contributed by atoms with Crippen molar-refractivity contribution in [3.05, 3.63) is 60.3 Å². The molecule has 2 aromatic heterocycles. The maximum Gasteiger partial charge on any atom is 0.573 e. The summed E-state index contributed by atoms with van der Waals surface area (Å²) in [5, 5.41) is 9.22. The normalized spacial score (nSPS) is 11.5. The van der Waals surface area contributed by atoms with Crippen LogP contribution in [-0.4, -0.2) is 32.4 Å². The molecule has 0 saturated carbocycles. The molecule has 0 radical (unpaired) electrons. The van der Waals surface area contributed by atoms with Gasteiger partial charge >= 0.3 is 6.36 Å². The van der Waals surface area contributed by atoms with Gasteiger partial charge in [0.2, 0.25) is 0 Å². The summed E-state index contributed by atoms with van der Waals surface area (Å²) in [6.07, 6.45) is -3.50. The van der Waals surface area contributed by atoms with E-state index in [1.54, 1.807) is 0 Å². The highest BCUT2D eigenvalue weighted by molar-refractivity contribution is 6.07. The summed E-state index contributed by atoms with van der Waals surface area (Å²) in [6, 6.07) is 12.4. The van der Waals surface area contributed by atoms with Gasteiger partial charge in [-0.2, -0.15) is 5.10 Å². The lowest BCUT2D eigenvalue weighted by Gasteiger charge is -2.12. The molecule has 0 saturated heterocycles. The van der Waals surface area contributed by atoms with Crippen LogP contribution in [0, 0.1) is 0 Å². The molecule has 142 valence electrons. The van der Waals surface area contributed by atoms with Crippen molar-refractivity contribution >= 4 is 22.6 Å². The lowest BCUT2D eigenvalue weighted by Crippen LogP contribution is -2.20. The summed E-state index contributed by atoms with van der Waals surface area (Å²) in [4.78, 5) is 20.0. The second-order valence-corrected chi connectivity index (χ2v) is 5.75. The standard InChI is InChI=1S/C18H12F3N5O2/c19-18(20,21)28-14-8-4-1-5-10(14)17(27)25-13-9-22-26-15(13)16-23-11-6-2-3-7-12(11)24-16/h1-9H,(H,22,26)(H,23,24)(H,25,27). The molecule has 0 atom stereocenters. The van der Waals surface area contributed by atoms with Crippen molar-refractivity contribution in [1.29, 1.82) is 0 Å². The Kier molecular flexibility index (Phi) is 4.22. The van der Waals surface area contributed by atoms with E-state index in [0.29, 0.717) is 17.0 Å². The number of carbonyl (C=O) groups is 1. The van der Waals surface area contributed by atoms with Crippen molar-refractivity contribution in [2.24, 2.45) is 0 Å². The Balaban J connectivity index is 1.63. The number of hydrogen-bond donors (Lipinski definition) is 3. The van der Waals surface area contributed by atoms with Crippen LogP contribution in [-0.2, 0) is 0 Å². The van der Waals surface area contributed by atoms with Crippen molar-refractivity contribution in [2.75, 3.05) is 5.32 Å². The van der Waals surface area contributed by atoms with E-state index in [0.717, 1.165) is 11.6 Å². The van der Waals surface area contributed by atoms with Gasteiger partial charge in [0.05, 0.1) is 22.3 Å². The summed E-state index contributed by atoms with van der Waals surface area (Å²) in [6.45, 7) is 0. The zero-order valence-corrected chi connectivity index (χ0v) is 14.0. The van der Waals surface area contributed by atoms with E-state index >= 15 is 0 Å². The minimum Gasteiger partial charge on any atom is -0.405 e. The molecule has 1 amide bonds. The monoisotopic (exact) mass is 387 g/mol. The van der Waals surface area contributed by atoms with Gasteiger partial charge in [0, 0.05) is 6.20 Å². The zero-order valence-electron chi connectivity index (χ0n) is 14.0. The number of para-hydroxylation sites is 3. The number of amides is 1. The molecule has 3 N–H and O–H groups in total. The maximum absolute atomic E-state index is 12.6. The van der Waals surface area contributed by atoms with Gasteiger partial charge in [-0.25, -0.2) is 4.98 Å². The molecular formula is C18H12F3N5O2. The Morgan fingerprint density at radius 3 is 2.61 bits per heavy atom. The van der Waals surface area contributed by atoms with Crippen molar-refractivity contribution in [1.82, 2.24) is 20.2 Å². The minimum atomic E-state index is -4.91. The van der Waals surface area contributed by atoms with Crippen molar-refractivity contribution in [3.63, 3.8) is 0 Å². The van der Waals surface area contributed by atoms with E-state index < -0.39 is 18.0 Å². The SMILES string of the molecule is O=C(Nc1c[nH]nc1-c1nc2ccccc2[nH]1)c1ccccc1OC(F)(F)F. The minimum absolute atomic E-state index is 0.255. The van der Waals surface area contributed by atoms with Crippen LogP contribution in [0.25, 0.3) is 22.6 Å². The van der Waals surface area contributed by atoms with Crippen LogP contribution in [0.3, 0.4) is 0 Å². The molecule has 10 heteroatoms. The number of ether oxygens (including phenoxy) is 1. The molecule has 0 bridgehead atoms. The third-order valence-electron chi connectivity index (χ3n) is 3.86. The fourth-order valence-electron chi connectivity index (χ4n) is 2.69. The van der Waals surface area contributed by atoms with Crippen LogP contribution in [0.4, 0.5) is 18.9 Å². The van der Waals surface area contributed by atoms with E-state index in [1.165, 1.54) is 24.4 Å². The summed E-state index contributed by atoms with van der Waals surface area (Å²) < 4.78 is 41.6. The molecule has 0 unspecified atom stereocenters. The molecule has 0 spiro atoms. The smallest absolute Gasteiger partial charge is 0.405 e. The molecule has 2 heterocycles.